The van der Waals surface area contributed by atoms with Crippen LogP contribution in [0.5, 0.6) is 0 Å². The Bertz CT molecular complexity index is 648. The zero-order chi connectivity index (χ0) is 17.4. The van der Waals surface area contributed by atoms with E-state index >= 15 is 0 Å². The third kappa shape index (κ3) is 3.35. The maximum Gasteiger partial charge on any atom is 0.257 e. The number of amides is 1. The largest absolute Gasteiger partial charge is 0.337 e. The Morgan fingerprint density at radius 3 is 2.60 bits per heavy atom. The van der Waals surface area contributed by atoms with Gasteiger partial charge in [-0.2, -0.15) is 5.10 Å². The van der Waals surface area contributed by atoms with Crippen molar-refractivity contribution in [2.45, 2.75) is 38.1 Å². The van der Waals surface area contributed by atoms with Gasteiger partial charge in [0.25, 0.3) is 5.91 Å². The number of hydrogen-bond acceptors (Lipinski definition) is 5. The third-order valence-electron chi connectivity index (χ3n) is 5.93. The van der Waals surface area contributed by atoms with Gasteiger partial charge in [-0.25, -0.2) is 5.01 Å². The molecule has 136 valence electrons. The van der Waals surface area contributed by atoms with Crippen LogP contribution < -0.4 is 5.43 Å². The van der Waals surface area contributed by atoms with Crippen molar-refractivity contribution in [2.75, 3.05) is 26.2 Å². The second-order valence-corrected chi connectivity index (χ2v) is 7.69. The number of hydrazine groups is 1. The van der Waals surface area contributed by atoms with Crippen molar-refractivity contribution in [3.63, 3.8) is 0 Å². The summed E-state index contributed by atoms with van der Waals surface area (Å²) in [6.07, 6.45) is 9.23. The molecule has 1 atom stereocenters. The highest BCUT2D eigenvalue weighted by Gasteiger charge is 2.39. The maximum atomic E-state index is 12.8. The summed E-state index contributed by atoms with van der Waals surface area (Å²) in [6.45, 7) is 2.90. The molecule has 2 saturated heterocycles. The molecule has 3 aliphatic rings. The Morgan fingerprint density at radius 2 is 1.96 bits per heavy atom. The lowest BCUT2D eigenvalue weighted by Gasteiger charge is -2.39. The summed E-state index contributed by atoms with van der Waals surface area (Å²) in [5.41, 5.74) is 4.10. The zero-order valence-corrected chi connectivity index (χ0v) is 14.9. The van der Waals surface area contributed by atoms with Crippen LogP contribution in [0.25, 0.3) is 0 Å². The van der Waals surface area contributed by atoms with E-state index < -0.39 is 0 Å². The van der Waals surface area contributed by atoms with Crippen molar-refractivity contribution >= 4 is 11.7 Å². The van der Waals surface area contributed by atoms with E-state index in [9.17, 15) is 9.59 Å². The van der Waals surface area contributed by atoms with Crippen molar-refractivity contribution in [1.82, 2.24) is 25.1 Å². The lowest BCUT2D eigenvalue weighted by molar-refractivity contribution is -0.131. The minimum Gasteiger partial charge on any atom is -0.337 e. The molecule has 0 radical (unpaired) electrons. The van der Waals surface area contributed by atoms with E-state index in [1.807, 2.05) is 0 Å². The molecule has 4 rings (SSSR count). The fourth-order valence-electron chi connectivity index (χ4n) is 4.04. The number of aryl methyl sites for hydroxylation is 1. The molecule has 0 spiro atoms. The molecule has 1 aromatic heterocycles. The van der Waals surface area contributed by atoms with Gasteiger partial charge >= 0.3 is 0 Å². The molecule has 25 heavy (non-hydrogen) atoms. The van der Waals surface area contributed by atoms with Crippen molar-refractivity contribution in [1.29, 1.82) is 0 Å². The maximum absolute atomic E-state index is 12.8. The first-order valence-corrected chi connectivity index (χ1v) is 9.43. The van der Waals surface area contributed by atoms with Gasteiger partial charge < -0.3 is 4.90 Å². The molecule has 1 amide bonds. The molecule has 1 aromatic rings. The molecule has 7 heteroatoms. The number of ketones is 1. The van der Waals surface area contributed by atoms with Crippen LogP contribution in [0, 0.1) is 11.8 Å². The Balaban J connectivity index is 1.27. The molecule has 2 aliphatic heterocycles. The minimum absolute atomic E-state index is 0.00248. The Morgan fingerprint density at radius 1 is 1.16 bits per heavy atom. The number of nitrogens with one attached hydrogen (secondary N) is 1. The minimum atomic E-state index is -0.0210. The molecule has 7 nitrogen and oxygen atoms in total. The first-order chi connectivity index (χ1) is 12.1. The monoisotopic (exact) mass is 345 g/mol. The number of likely N-dealkylation sites (tertiary alicyclic amines) is 1. The fourth-order valence-corrected chi connectivity index (χ4v) is 4.04. The number of rotatable bonds is 4. The summed E-state index contributed by atoms with van der Waals surface area (Å²) in [6, 6.07) is 0.671. The smallest absolute Gasteiger partial charge is 0.257 e. The van der Waals surface area contributed by atoms with Crippen LogP contribution in [0.2, 0.25) is 0 Å². The van der Waals surface area contributed by atoms with Gasteiger partial charge in [-0.05, 0) is 25.7 Å². The molecule has 0 bridgehead atoms. The highest BCUT2D eigenvalue weighted by Crippen LogP contribution is 2.28. The average molecular weight is 345 g/mol. The van der Waals surface area contributed by atoms with Gasteiger partial charge in [-0.1, -0.05) is 6.42 Å². The SMILES string of the molecule is Cn1cc(C(=O)N2CC(C(=O)C3CCCN(C4CCC4)NC3)C2)cn1. The van der Waals surface area contributed by atoms with Gasteiger partial charge in [0.15, 0.2) is 0 Å². The summed E-state index contributed by atoms with van der Waals surface area (Å²) in [7, 11) is 1.80. The first kappa shape index (κ1) is 16.7. The van der Waals surface area contributed by atoms with Gasteiger partial charge in [0.1, 0.15) is 5.78 Å². The van der Waals surface area contributed by atoms with Crippen LogP contribution in [-0.2, 0) is 11.8 Å². The van der Waals surface area contributed by atoms with Crippen LogP contribution in [0.1, 0.15) is 42.5 Å². The molecule has 3 heterocycles. The number of carbonyl (C=O) groups excluding carboxylic acids is 2. The molecule has 3 fully saturated rings. The number of Topliss-reactive ketones (excluding diaryl/α,β-unsaturated/α-hetero) is 1. The Labute approximate surface area is 148 Å². The van der Waals surface area contributed by atoms with E-state index in [1.54, 1.807) is 29.0 Å². The molecule has 0 aromatic carbocycles. The fraction of sp³-hybridized carbons (Fsp3) is 0.722. The summed E-state index contributed by atoms with van der Waals surface area (Å²) in [5, 5.41) is 6.40. The van der Waals surface area contributed by atoms with E-state index in [-0.39, 0.29) is 17.7 Å². The zero-order valence-electron chi connectivity index (χ0n) is 14.9. The van der Waals surface area contributed by atoms with Crippen LogP contribution in [0.15, 0.2) is 12.4 Å². The average Bonchev–Trinajstić information content (AvgIpc) is 2.79. The van der Waals surface area contributed by atoms with Gasteiger partial charge in [0, 0.05) is 51.4 Å². The number of nitrogens with zero attached hydrogens (tertiary/aromatic N) is 4. The van der Waals surface area contributed by atoms with Gasteiger partial charge in [-0.15, -0.1) is 0 Å². The van der Waals surface area contributed by atoms with Crippen LogP contribution in [0.4, 0.5) is 0 Å². The highest BCUT2D eigenvalue weighted by atomic mass is 16.2. The summed E-state index contributed by atoms with van der Waals surface area (Å²) in [5.74, 6) is 0.402. The predicted molar refractivity (Wildman–Crippen MR) is 92.7 cm³/mol. The van der Waals surface area contributed by atoms with E-state index in [0.29, 0.717) is 30.5 Å². The highest BCUT2D eigenvalue weighted by molar-refractivity contribution is 5.96. The quantitative estimate of drug-likeness (QED) is 0.875. The summed E-state index contributed by atoms with van der Waals surface area (Å²) in [4.78, 5) is 26.9. The lowest BCUT2D eigenvalue weighted by atomic mass is 9.85. The van der Waals surface area contributed by atoms with E-state index in [2.05, 4.69) is 15.5 Å². The second-order valence-electron chi connectivity index (χ2n) is 7.69. The normalized spacial score (nSPS) is 26.0. The second kappa shape index (κ2) is 6.88. The van der Waals surface area contributed by atoms with Crippen molar-refractivity contribution < 1.29 is 9.59 Å². The molecule has 1 aliphatic carbocycles. The third-order valence-corrected chi connectivity index (χ3v) is 5.93. The van der Waals surface area contributed by atoms with E-state index in [1.165, 1.54) is 19.3 Å². The first-order valence-electron chi connectivity index (χ1n) is 9.43. The molecule has 1 N–H and O–H groups in total. The number of aromatic nitrogens is 2. The molecular weight excluding hydrogens is 318 g/mol. The van der Waals surface area contributed by atoms with Crippen molar-refractivity contribution in [3.05, 3.63) is 18.0 Å². The topological polar surface area (TPSA) is 70.5 Å². The number of hydrogen-bond donors (Lipinski definition) is 1. The van der Waals surface area contributed by atoms with Gasteiger partial charge in [0.2, 0.25) is 0 Å². The number of carbonyl (C=O) groups is 2. The van der Waals surface area contributed by atoms with Gasteiger partial charge in [0.05, 0.1) is 17.7 Å². The van der Waals surface area contributed by atoms with Crippen LogP contribution >= 0.6 is 0 Å². The van der Waals surface area contributed by atoms with Crippen LogP contribution in [-0.4, -0.2) is 63.6 Å². The molecule has 1 unspecified atom stereocenters. The van der Waals surface area contributed by atoms with Crippen LogP contribution in [0.3, 0.4) is 0 Å². The lowest BCUT2D eigenvalue weighted by Crippen LogP contribution is -2.55. The molecular formula is C18H27N5O2. The van der Waals surface area contributed by atoms with Crippen molar-refractivity contribution in [3.8, 4) is 0 Å². The Kier molecular flexibility index (Phi) is 4.60. The summed E-state index contributed by atoms with van der Waals surface area (Å²) < 4.78 is 1.63. The van der Waals surface area contributed by atoms with E-state index in [0.717, 1.165) is 25.9 Å². The van der Waals surface area contributed by atoms with E-state index in [4.69, 9.17) is 0 Å². The standard InChI is InChI=1S/C18H27N5O2/c1-21-10-14(9-19-21)18(25)22-11-15(12-22)17(24)13-4-3-7-23(20-8-13)16-5-2-6-16/h9-10,13,15-16,20H,2-8,11-12H2,1H3. The molecule has 1 saturated carbocycles. The predicted octanol–water partition coefficient (Wildman–Crippen LogP) is 0.830. The Hall–Kier alpha value is -1.73. The van der Waals surface area contributed by atoms with Gasteiger partial charge in [-0.3, -0.25) is 19.7 Å². The summed E-state index contributed by atoms with van der Waals surface area (Å²) >= 11 is 0. The van der Waals surface area contributed by atoms with Crippen molar-refractivity contribution in [2.24, 2.45) is 18.9 Å².